The quantitative estimate of drug-likeness (QED) is 0.632. The first-order valence-corrected chi connectivity index (χ1v) is 10.2. The van der Waals surface area contributed by atoms with Gasteiger partial charge in [-0.25, -0.2) is 4.68 Å². The molecule has 0 saturated carbocycles. The maximum atomic E-state index is 13.1. The molecule has 0 bridgehead atoms. The third kappa shape index (κ3) is 3.68. The molecule has 3 aromatic rings. The molecule has 2 saturated heterocycles. The van der Waals surface area contributed by atoms with Crippen LogP contribution in [0, 0.1) is 0 Å². The van der Waals surface area contributed by atoms with Crippen LogP contribution >= 0.6 is 0 Å². The van der Waals surface area contributed by atoms with Crippen LogP contribution in [0.5, 0.6) is 0 Å². The third-order valence-electron chi connectivity index (χ3n) is 5.50. The number of benzene rings is 2. The van der Waals surface area contributed by atoms with Crippen molar-refractivity contribution in [2.24, 2.45) is 0 Å². The van der Waals surface area contributed by atoms with E-state index in [-0.39, 0.29) is 18.0 Å². The van der Waals surface area contributed by atoms with E-state index in [0.717, 1.165) is 5.56 Å². The molecule has 2 aliphatic rings. The molecule has 0 unspecified atom stereocenters. The monoisotopic (exact) mass is 421 g/mol. The van der Waals surface area contributed by atoms with E-state index in [9.17, 15) is 9.90 Å². The molecule has 0 aliphatic carbocycles. The van der Waals surface area contributed by atoms with E-state index >= 15 is 0 Å². The molecule has 0 spiro atoms. The van der Waals surface area contributed by atoms with Gasteiger partial charge in [-0.3, -0.25) is 4.79 Å². The van der Waals surface area contributed by atoms with E-state index in [1.807, 2.05) is 48.5 Å². The highest BCUT2D eigenvalue weighted by Crippen LogP contribution is 2.38. The van der Waals surface area contributed by atoms with Gasteiger partial charge in [0, 0.05) is 11.1 Å². The summed E-state index contributed by atoms with van der Waals surface area (Å²) in [5, 5.41) is 19.2. The van der Waals surface area contributed by atoms with Crippen LogP contribution in [-0.4, -0.2) is 56.3 Å². The van der Waals surface area contributed by atoms with Crippen LogP contribution in [0.4, 0.5) is 0 Å². The average molecular weight is 421 g/mol. The highest BCUT2D eigenvalue weighted by atomic mass is 16.8. The minimum atomic E-state index is -0.895. The predicted octanol–water partition coefficient (Wildman–Crippen LogP) is 2.41. The normalized spacial score (nSPS) is 26.7. The fraction of sp³-hybridized carbons (Fsp3) is 0.348. The van der Waals surface area contributed by atoms with E-state index < -0.39 is 30.4 Å². The summed E-state index contributed by atoms with van der Waals surface area (Å²) >= 11 is 0. The van der Waals surface area contributed by atoms with Gasteiger partial charge in [-0.1, -0.05) is 65.9 Å². The molecule has 160 valence electrons. The van der Waals surface area contributed by atoms with Gasteiger partial charge in [-0.15, -0.1) is 5.10 Å². The first-order valence-electron chi connectivity index (χ1n) is 10.2. The van der Waals surface area contributed by atoms with Crippen molar-refractivity contribution in [2.75, 3.05) is 0 Å². The Morgan fingerprint density at radius 2 is 1.74 bits per heavy atom. The minimum Gasteiger partial charge on any atom is -0.387 e. The summed E-state index contributed by atoms with van der Waals surface area (Å²) in [6.07, 6.45) is -2.74. The van der Waals surface area contributed by atoms with Gasteiger partial charge in [0.15, 0.2) is 17.8 Å². The lowest BCUT2D eigenvalue weighted by atomic mass is 10.0. The number of nitrogens with zero attached hydrogens (tertiary/aromatic N) is 3. The number of carbonyl (C=O) groups is 1. The number of aliphatic hydroxyl groups excluding tert-OH is 1. The Morgan fingerprint density at radius 1 is 1.06 bits per heavy atom. The largest absolute Gasteiger partial charge is 0.387 e. The fourth-order valence-corrected chi connectivity index (χ4v) is 4.08. The van der Waals surface area contributed by atoms with Gasteiger partial charge in [-0.2, -0.15) is 0 Å². The summed E-state index contributed by atoms with van der Waals surface area (Å²) < 4.78 is 19.0. The minimum absolute atomic E-state index is 0.195. The molecule has 2 aliphatic heterocycles. The van der Waals surface area contributed by atoms with Crippen LogP contribution in [0.25, 0.3) is 11.3 Å². The number of carbonyl (C=O) groups excluding carboxylic acids is 1. The Labute approximate surface area is 179 Å². The Morgan fingerprint density at radius 3 is 2.42 bits per heavy atom. The molecule has 4 atom stereocenters. The van der Waals surface area contributed by atoms with E-state index in [0.29, 0.717) is 11.3 Å². The zero-order valence-electron chi connectivity index (χ0n) is 17.2. The number of hydrogen-bond acceptors (Lipinski definition) is 7. The molecule has 2 aromatic carbocycles. The Bertz CT molecular complexity index is 1080. The second kappa shape index (κ2) is 7.65. The van der Waals surface area contributed by atoms with Crippen molar-refractivity contribution in [2.45, 2.75) is 50.8 Å². The Hall–Kier alpha value is -2.91. The Balaban J connectivity index is 1.47. The van der Waals surface area contributed by atoms with Gasteiger partial charge in [0.05, 0.1) is 6.54 Å². The highest BCUT2D eigenvalue weighted by Gasteiger charge is 2.54. The van der Waals surface area contributed by atoms with Crippen LogP contribution in [0.2, 0.25) is 0 Å². The van der Waals surface area contributed by atoms with Crippen molar-refractivity contribution in [1.82, 2.24) is 15.0 Å². The molecule has 3 heterocycles. The van der Waals surface area contributed by atoms with E-state index in [2.05, 4.69) is 10.3 Å². The molecular formula is C23H23N3O5. The lowest BCUT2D eigenvalue weighted by Crippen LogP contribution is -2.36. The van der Waals surface area contributed by atoms with Gasteiger partial charge in [0.25, 0.3) is 0 Å². The highest BCUT2D eigenvalue weighted by molar-refractivity contribution is 6.10. The molecule has 8 nitrogen and oxygen atoms in total. The zero-order chi connectivity index (χ0) is 21.6. The number of rotatable bonds is 5. The maximum absolute atomic E-state index is 13.1. The van der Waals surface area contributed by atoms with Crippen molar-refractivity contribution in [3.63, 3.8) is 0 Å². The van der Waals surface area contributed by atoms with Crippen LogP contribution in [0.15, 0.2) is 60.7 Å². The number of ether oxygens (including phenoxy) is 3. The fourth-order valence-electron chi connectivity index (χ4n) is 4.08. The molecule has 8 heteroatoms. The second-order valence-corrected chi connectivity index (χ2v) is 8.16. The molecular weight excluding hydrogens is 398 g/mol. The summed E-state index contributed by atoms with van der Waals surface area (Å²) in [6.45, 7) is 3.76. The smallest absolute Gasteiger partial charge is 0.215 e. The van der Waals surface area contributed by atoms with Crippen LogP contribution in [-0.2, 0) is 20.8 Å². The van der Waals surface area contributed by atoms with Gasteiger partial charge in [0.2, 0.25) is 5.78 Å². The van der Waals surface area contributed by atoms with Crippen molar-refractivity contribution >= 4 is 5.78 Å². The van der Waals surface area contributed by atoms with Crippen molar-refractivity contribution in [3.8, 4) is 11.3 Å². The third-order valence-corrected chi connectivity index (χ3v) is 5.50. The molecule has 5 rings (SSSR count). The summed E-state index contributed by atoms with van der Waals surface area (Å²) in [7, 11) is 0. The lowest BCUT2D eigenvalue weighted by molar-refractivity contribution is -0.216. The van der Waals surface area contributed by atoms with E-state index in [1.54, 1.807) is 30.7 Å². The van der Waals surface area contributed by atoms with E-state index in [1.165, 1.54) is 0 Å². The van der Waals surface area contributed by atoms with Crippen molar-refractivity contribution in [3.05, 3.63) is 71.9 Å². The van der Waals surface area contributed by atoms with Crippen LogP contribution in [0.3, 0.4) is 0 Å². The maximum Gasteiger partial charge on any atom is 0.215 e. The number of hydrogen-bond donors (Lipinski definition) is 1. The molecule has 1 N–H and O–H groups in total. The first kappa shape index (κ1) is 20.0. The second-order valence-electron chi connectivity index (χ2n) is 8.16. The predicted molar refractivity (Wildman–Crippen MR) is 110 cm³/mol. The number of aromatic nitrogens is 3. The molecule has 2 fully saturated rings. The van der Waals surface area contributed by atoms with Crippen LogP contribution < -0.4 is 0 Å². The SMILES string of the molecule is CC1(C)O[C@H]2O[C@H](Cn3nnc(C(=O)c4ccccc4)c3-c3ccccc3)[C@H](O)[C@H]2O1. The molecule has 0 radical (unpaired) electrons. The van der Waals surface area contributed by atoms with Crippen LogP contribution in [0.1, 0.15) is 29.9 Å². The molecule has 1 aromatic heterocycles. The zero-order valence-corrected chi connectivity index (χ0v) is 17.2. The average Bonchev–Trinajstić information content (AvgIpc) is 3.41. The summed E-state index contributed by atoms with van der Waals surface area (Å²) in [6, 6.07) is 18.4. The summed E-state index contributed by atoms with van der Waals surface area (Å²) in [5.74, 6) is -1.03. The summed E-state index contributed by atoms with van der Waals surface area (Å²) in [5.41, 5.74) is 2.15. The molecule has 0 amide bonds. The lowest BCUT2D eigenvalue weighted by Gasteiger charge is -2.23. The number of aliphatic hydroxyl groups is 1. The van der Waals surface area contributed by atoms with Gasteiger partial charge >= 0.3 is 0 Å². The van der Waals surface area contributed by atoms with Crippen molar-refractivity contribution in [1.29, 1.82) is 0 Å². The molecule has 31 heavy (non-hydrogen) atoms. The summed E-state index contributed by atoms with van der Waals surface area (Å²) in [4.78, 5) is 13.1. The number of ketones is 1. The van der Waals surface area contributed by atoms with Gasteiger partial charge in [-0.05, 0) is 13.8 Å². The number of fused-ring (bicyclic) bond motifs is 1. The first-order chi connectivity index (χ1) is 14.9. The van der Waals surface area contributed by atoms with E-state index in [4.69, 9.17) is 14.2 Å². The van der Waals surface area contributed by atoms with Gasteiger partial charge < -0.3 is 19.3 Å². The van der Waals surface area contributed by atoms with Gasteiger partial charge in [0.1, 0.15) is 24.0 Å². The van der Waals surface area contributed by atoms with Crippen molar-refractivity contribution < 1.29 is 24.1 Å². The standard InChI is InChI=1S/C23H23N3O5/c1-23(2)30-21-20(28)16(29-22(21)31-23)13-26-18(14-9-5-3-6-10-14)17(24-25-26)19(27)15-11-7-4-8-12-15/h3-12,16,20-22,28H,13H2,1-2H3/t16-,20+,21-,22-/m1/s1. The Kier molecular flexibility index (Phi) is 4.94. The topological polar surface area (TPSA) is 95.7 Å².